The van der Waals surface area contributed by atoms with Gasteiger partial charge in [0.1, 0.15) is 0 Å². The highest BCUT2D eigenvalue weighted by Crippen LogP contribution is 2.53. The van der Waals surface area contributed by atoms with Gasteiger partial charge in [-0.3, -0.25) is 10.1 Å². The number of fused-ring (bicyclic) bond motifs is 4. The molecule has 0 spiro atoms. The van der Waals surface area contributed by atoms with E-state index in [-0.39, 0.29) is 10.6 Å². The number of hydrogen-bond acceptors (Lipinski definition) is 3. The van der Waals surface area contributed by atoms with Gasteiger partial charge in [0.2, 0.25) is 0 Å². The summed E-state index contributed by atoms with van der Waals surface area (Å²) in [5, 5.41) is 11.4. The first-order valence-electron chi connectivity index (χ1n) is 8.13. The van der Waals surface area contributed by atoms with Crippen molar-refractivity contribution in [1.82, 2.24) is 0 Å². The van der Waals surface area contributed by atoms with Crippen LogP contribution in [0.15, 0.2) is 36.4 Å². The zero-order chi connectivity index (χ0) is 14.8. The van der Waals surface area contributed by atoms with E-state index >= 15 is 0 Å². The molecule has 4 aliphatic rings. The van der Waals surface area contributed by atoms with Gasteiger partial charge in [0.15, 0.2) is 0 Å². The topological polar surface area (TPSA) is 46.4 Å². The van der Waals surface area contributed by atoms with Gasteiger partial charge in [-0.05, 0) is 35.8 Å². The third-order valence-corrected chi connectivity index (χ3v) is 5.89. The summed E-state index contributed by atoms with van der Waals surface area (Å²) in [6.45, 7) is 2.19. The van der Waals surface area contributed by atoms with Gasteiger partial charge in [-0.2, -0.15) is 0 Å². The van der Waals surface area contributed by atoms with Crippen LogP contribution in [0, 0.1) is 22.0 Å². The molecule has 2 aliphatic carbocycles. The number of nitro benzene ring substituents is 1. The maximum absolute atomic E-state index is 11.4. The van der Waals surface area contributed by atoms with Crippen molar-refractivity contribution in [2.75, 3.05) is 18.0 Å². The van der Waals surface area contributed by atoms with Crippen LogP contribution < -0.4 is 4.90 Å². The third kappa shape index (κ3) is 1.52. The average Bonchev–Trinajstić information content (AvgIpc) is 3.15. The SMILES string of the molecule is O=[N+]([O-])c1cc2c3c(c1)[C@@H]1C=CC[C@H]1CN3C[C@H]1CC=C[C@H]21. The molecule has 0 saturated carbocycles. The molecule has 0 bridgehead atoms. The van der Waals surface area contributed by atoms with Crippen molar-refractivity contribution in [2.45, 2.75) is 24.7 Å². The summed E-state index contributed by atoms with van der Waals surface area (Å²) in [5.41, 5.74) is 3.93. The Kier molecular flexibility index (Phi) is 2.38. The molecule has 2 heterocycles. The van der Waals surface area contributed by atoms with Crippen LogP contribution in [-0.4, -0.2) is 18.0 Å². The van der Waals surface area contributed by atoms with Crippen LogP contribution in [-0.2, 0) is 0 Å². The molecule has 5 rings (SSSR count). The lowest BCUT2D eigenvalue weighted by molar-refractivity contribution is -0.385. The lowest BCUT2D eigenvalue weighted by atomic mass is 9.75. The predicted octanol–water partition coefficient (Wildman–Crippen LogP) is 3.75. The van der Waals surface area contributed by atoms with E-state index in [0.717, 1.165) is 25.9 Å². The lowest BCUT2D eigenvalue weighted by Crippen LogP contribution is -2.43. The number of anilines is 1. The summed E-state index contributed by atoms with van der Waals surface area (Å²) in [5.74, 6) is 1.92. The summed E-state index contributed by atoms with van der Waals surface area (Å²) in [6, 6.07) is 3.66. The molecule has 0 unspecified atom stereocenters. The standard InChI is InChI=1S/C18H18N2O2/c21-20(22)13-7-16-14-5-1-3-11(14)9-19-10-12-4-2-6-15(12)17(8-13)18(16)19/h1-2,5-8,11-12,14-15H,3-4,9-10H2/t11-,12+,14+,15-. The number of non-ortho nitro benzene ring substituents is 1. The Morgan fingerprint density at radius 2 is 1.55 bits per heavy atom. The molecule has 0 N–H and O–H groups in total. The summed E-state index contributed by atoms with van der Waals surface area (Å²) in [7, 11) is 0. The number of hydrogen-bond donors (Lipinski definition) is 0. The maximum atomic E-state index is 11.4. The van der Waals surface area contributed by atoms with Crippen molar-refractivity contribution in [3.05, 3.63) is 57.7 Å². The minimum Gasteiger partial charge on any atom is -0.370 e. The first kappa shape index (κ1) is 12.4. The molecule has 1 aromatic rings. The van der Waals surface area contributed by atoms with Crippen molar-refractivity contribution in [3.8, 4) is 0 Å². The number of nitro groups is 1. The molecule has 4 atom stereocenters. The van der Waals surface area contributed by atoms with Crippen LogP contribution in [0.2, 0.25) is 0 Å². The highest BCUT2D eigenvalue weighted by molar-refractivity contribution is 5.71. The van der Waals surface area contributed by atoms with E-state index in [1.54, 1.807) is 0 Å². The fourth-order valence-corrected chi connectivity index (χ4v) is 4.96. The average molecular weight is 294 g/mol. The minimum atomic E-state index is -0.230. The summed E-state index contributed by atoms with van der Waals surface area (Å²) < 4.78 is 0. The lowest BCUT2D eigenvalue weighted by Gasteiger charge is -2.45. The van der Waals surface area contributed by atoms with Crippen LogP contribution >= 0.6 is 0 Å². The molecule has 0 aromatic heterocycles. The molecule has 0 saturated heterocycles. The Bertz CT molecular complexity index is 686. The summed E-state index contributed by atoms with van der Waals surface area (Å²) in [6.07, 6.45) is 11.2. The molecule has 0 fully saturated rings. The van der Waals surface area contributed by atoms with Crippen molar-refractivity contribution in [2.24, 2.45) is 11.8 Å². The van der Waals surface area contributed by atoms with Gasteiger partial charge in [0.05, 0.1) is 4.92 Å². The fraction of sp³-hybridized carbons (Fsp3) is 0.444. The molecule has 22 heavy (non-hydrogen) atoms. The van der Waals surface area contributed by atoms with Crippen molar-refractivity contribution in [1.29, 1.82) is 0 Å². The molecule has 112 valence electrons. The molecule has 4 heteroatoms. The fourth-order valence-electron chi connectivity index (χ4n) is 4.96. The monoisotopic (exact) mass is 294 g/mol. The molecule has 0 radical (unpaired) electrons. The minimum absolute atomic E-state index is 0.230. The van der Waals surface area contributed by atoms with E-state index in [4.69, 9.17) is 0 Å². The van der Waals surface area contributed by atoms with Crippen LogP contribution in [0.4, 0.5) is 11.4 Å². The van der Waals surface area contributed by atoms with Crippen molar-refractivity contribution in [3.63, 3.8) is 0 Å². The van der Waals surface area contributed by atoms with Crippen LogP contribution in [0.1, 0.15) is 35.8 Å². The molecular formula is C18H18N2O2. The second-order valence-electron chi connectivity index (χ2n) is 7.03. The quantitative estimate of drug-likeness (QED) is 0.450. The van der Waals surface area contributed by atoms with E-state index < -0.39 is 0 Å². The van der Waals surface area contributed by atoms with E-state index in [1.165, 1.54) is 16.8 Å². The normalized spacial score (nSPS) is 33.5. The Morgan fingerprint density at radius 3 is 2.05 bits per heavy atom. The summed E-state index contributed by atoms with van der Waals surface area (Å²) in [4.78, 5) is 13.7. The van der Waals surface area contributed by atoms with E-state index in [9.17, 15) is 10.1 Å². The largest absolute Gasteiger partial charge is 0.370 e. The van der Waals surface area contributed by atoms with Crippen LogP contribution in [0.3, 0.4) is 0 Å². The predicted molar refractivity (Wildman–Crippen MR) is 85.3 cm³/mol. The van der Waals surface area contributed by atoms with Gasteiger partial charge in [-0.25, -0.2) is 0 Å². The second-order valence-corrected chi connectivity index (χ2v) is 7.03. The maximum Gasteiger partial charge on any atom is 0.270 e. The van der Waals surface area contributed by atoms with Gasteiger partial charge in [-0.1, -0.05) is 24.3 Å². The Morgan fingerprint density at radius 1 is 1.00 bits per heavy atom. The van der Waals surface area contributed by atoms with E-state index in [0.29, 0.717) is 23.7 Å². The number of rotatable bonds is 1. The number of allylic oxidation sites excluding steroid dienone is 4. The summed E-state index contributed by atoms with van der Waals surface area (Å²) >= 11 is 0. The smallest absolute Gasteiger partial charge is 0.270 e. The van der Waals surface area contributed by atoms with Crippen molar-refractivity contribution >= 4 is 11.4 Å². The first-order valence-corrected chi connectivity index (χ1v) is 8.13. The zero-order valence-electron chi connectivity index (χ0n) is 12.3. The Labute approximate surface area is 129 Å². The first-order chi connectivity index (χ1) is 10.7. The molecule has 2 aliphatic heterocycles. The number of nitrogens with zero attached hydrogens (tertiary/aromatic N) is 2. The van der Waals surface area contributed by atoms with Gasteiger partial charge < -0.3 is 4.90 Å². The zero-order valence-corrected chi connectivity index (χ0v) is 12.3. The number of benzene rings is 1. The van der Waals surface area contributed by atoms with Gasteiger partial charge in [0.25, 0.3) is 5.69 Å². The third-order valence-electron chi connectivity index (χ3n) is 5.89. The van der Waals surface area contributed by atoms with Crippen LogP contribution in [0.25, 0.3) is 0 Å². The molecule has 0 amide bonds. The van der Waals surface area contributed by atoms with Crippen molar-refractivity contribution < 1.29 is 4.92 Å². The highest BCUT2D eigenvalue weighted by atomic mass is 16.6. The van der Waals surface area contributed by atoms with Crippen LogP contribution in [0.5, 0.6) is 0 Å². The Balaban J connectivity index is 1.77. The van der Waals surface area contributed by atoms with Gasteiger partial charge >= 0.3 is 0 Å². The van der Waals surface area contributed by atoms with E-state index in [2.05, 4.69) is 29.2 Å². The van der Waals surface area contributed by atoms with E-state index in [1.807, 2.05) is 12.1 Å². The Hall–Kier alpha value is -2.10. The van der Waals surface area contributed by atoms with Gasteiger partial charge in [-0.15, -0.1) is 0 Å². The molecule has 4 nitrogen and oxygen atoms in total. The van der Waals surface area contributed by atoms with Gasteiger partial charge in [0, 0.05) is 42.7 Å². The molecule has 1 aromatic carbocycles. The second kappa shape index (κ2) is 4.22. The molecular weight excluding hydrogens is 276 g/mol. The highest BCUT2D eigenvalue weighted by Gasteiger charge is 2.43.